The van der Waals surface area contributed by atoms with Crippen LogP contribution in [0.4, 0.5) is 11.4 Å². The summed E-state index contributed by atoms with van der Waals surface area (Å²) in [4.78, 5) is 12.1. The van der Waals surface area contributed by atoms with E-state index in [4.69, 9.17) is 4.74 Å². The number of hydrogen-bond acceptors (Lipinski definition) is 3. The van der Waals surface area contributed by atoms with Crippen molar-refractivity contribution in [1.29, 1.82) is 0 Å². The standard InChI is InChI=1S/C23H32N2O2/c1-4-5-6-7-8-15-27-22-13-11-20(12-14-22)24-17-23(26)25-21-10-9-18(2)19(3)16-21/h9-14,16,24H,4-8,15,17H2,1-3H3,(H,25,26). The maximum Gasteiger partial charge on any atom is 0.243 e. The molecule has 2 rings (SSSR count). The van der Waals surface area contributed by atoms with E-state index in [1.807, 2.05) is 49.4 Å². The number of carbonyl (C=O) groups is 1. The highest BCUT2D eigenvalue weighted by atomic mass is 16.5. The second kappa shape index (κ2) is 11.3. The Bertz CT molecular complexity index is 711. The molecular formula is C23H32N2O2. The minimum Gasteiger partial charge on any atom is -0.494 e. The Kier molecular flexibility index (Phi) is 8.69. The first-order valence-corrected chi connectivity index (χ1v) is 9.92. The third-order valence-electron chi connectivity index (χ3n) is 4.61. The van der Waals surface area contributed by atoms with E-state index in [0.29, 0.717) is 0 Å². The molecule has 146 valence electrons. The summed E-state index contributed by atoms with van der Waals surface area (Å²) in [5, 5.41) is 6.05. The number of benzene rings is 2. The predicted octanol–water partition coefficient (Wildman–Crippen LogP) is 5.70. The van der Waals surface area contributed by atoms with E-state index in [1.54, 1.807) is 0 Å². The molecule has 0 aliphatic carbocycles. The fourth-order valence-corrected chi connectivity index (χ4v) is 2.77. The van der Waals surface area contributed by atoms with Crippen molar-refractivity contribution in [3.8, 4) is 5.75 Å². The molecule has 27 heavy (non-hydrogen) atoms. The largest absolute Gasteiger partial charge is 0.494 e. The van der Waals surface area contributed by atoms with Crippen LogP contribution in [0.3, 0.4) is 0 Å². The number of anilines is 2. The van der Waals surface area contributed by atoms with Gasteiger partial charge in [0.1, 0.15) is 5.75 Å². The summed E-state index contributed by atoms with van der Waals surface area (Å²) in [6.45, 7) is 7.30. The topological polar surface area (TPSA) is 50.4 Å². The molecular weight excluding hydrogens is 336 g/mol. The zero-order valence-corrected chi connectivity index (χ0v) is 16.8. The molecule has 0 unspecified atom stereocenters. The second-order valence-corrected chi connectivity index (χ2v) is 6.99. The van der Waals surface area contributed by atoms with Crippen LogP contribution >= 0.6 is 0 Å². The molecule has 0 aliphatic rings. The van der Waals surface area contributed by atoms with Crippen LogP contribution in [0.25, 0.3) is 0 Å². The van der Waals surface area contributed by atoms with E-state index < -0.39 is 0 Å². The minimum absolute atomic E-state index is 0.0642. The Morgan fingerprint density at radius 2 is 1.59 bits per heavy atom. The quantitative estimate of drug-likeness (QED) is 0.500. The minimum atomic E-state index is -0.0642. The second-order valence-electron chi connectivity index (χ2n) is 6.99. The molecule has 0 saturated heterocycles. The molecule has 0 aromatic heterocycles. The fraction of sp³-hybridized carbons (Fsp3) is 0.435. The first kappa shape index (κ1) is 20.8. The Hall–Kier alpha value is -2.49. The first-order valence-electron chi connectivity index (χ1n) is 9.92. The first-order chi connectivity index (χ1) is 13.1. The lowest BCUT2D eigenvalue weighted by Gasteiger charge is -2.10. The summed E-state index contributed by atoms with van der Waals surface area (Å²) >= 11 is 0. The van der Waals surface area contributed by atoms with Gasteiger partial charge in [0.05, 0.1) is 13.2 Å². The van der Waals surface area contributed by atoms with Crippen LogP contribution in [0.1, 0.15) is 50.2 Å². The Balaban J connectivity index is 1.69. The van der Waals surface area contributed by atoms with Crippen LogP contribution in [0.15, 0.2) is 42.5 Å². The number of nitrogens with one attached hydrogen (secondary N) is 2. The van der Waals surface area contributed by atoms with Gasteiger partial charge in [-0.25, -0.2) is 0 Å². The van der Waals surface area contributed by atoms with Gasteiger partial charge >= 0.3 is 0 Å². The molecule has 2 aromatic carbocycles. The van der Waals surface area contributed by atoms with Gasteiger partial charge < -0.3 is 15.4 Å². The van der Waals surface area contributed by atoms with Crippen molar-refractivity contribution in [3.63, 3.8) is 0 Å². The normalized spacial score (nSPS) is 10.5. The molecule has 0 spiro atoms. The average Bonchev–Trinajstić information content (AvgIpc) is 2.67. The number of carbonyl (C=O) groups excluding carboxylic acids is 1. The number of unbranched alkanes of at least 4 members (excludes halogenated alkanes) is 4. The van der Waals surface area contributed by atoms with E-state index in [-0.39, 0.29) is 12.5 Å². The number of ether oxygens (including phenoxy) is 1. The van der Waals surface area contributed by atoms with Gasteiger partial charge in [0.15, 0.2) is 0 Å². The van der Waals surface area contributed by atoms with Crippen molar-refractivity contribution in [2.24, 2.45) is 0 Å². The highest BCUT2D eigenvalue weighted by Crippen LogP contribution is 2.17. The molecule has 0 saturated carbocycles. The molecule has 0 bridgehead atoms. The van der Waals surface area contributed by atoms with Crippen molar-refractivity contribution in [2.75, 3.05) is 23.8 Å². The van der Waals surface area contributed by atoms with Gasteiger partial charge in [-0.2, -0.15) is 0 Å². The lowest BCUT2D eigenvalue weighted by Crippen LogP contribution is -2.21. The van der Waals surface area contributed by atoms with Gasteiger partial charge in [0.2, 0.25) is 5.91 Å². The summed E-state index contributed by atoms with van der Waals surface area (Å²) in [6.07, 6.45) is 6.17. The highest BCUT2D eigenvalue weighted by molar-refractivity contribution is 5.93. The van der Waals surface area contributed by atoms with Crippen molar-refractivity contribution < 1.29 is 9.53 Å². The smallest absolute Gasteiger partial charge is 0.243 e. The molecule has 4 nitrogen and oxygen atoms in total. The van der Waals surface area contributed by atoms with E-state index in [1.165, 1.54) is 36.8 Å². The fourth-order valence-electron chi connectivity index (χ4n) is 2.77. The lowest BCUT2D eigenvalue weighted by atomic mass is 10.1. The summed E-state index contributed by atoms with van der Waals surface area (Å²) in [5.74, 6) is 0.807. The zero-order chi connectivity index (χ0) is 19.5. The van der Waals surface area contributed by atoms with Crippen molar-refractivity contribution >= 4 is 17.3 Å². The van der Waals surface area contributed by atoms with E-state index in [0.717, 1.165) is 30.2 Å². The van der Waals surface area contributed by atoms with Crippen LogP contribution in [-0.4, -0.2) is 19.1 Å². The Labute approximate surface area is 163 Å². The molecule has 0 atom stereocenters. The SMILES string of the molecule is CCCCCCCOc1ccc(NCC(=O)Nc2ccc(C)c(C)c2)cc1. The van der Waals surface area contributed by atoms with Crippen LogP contribution in [0.2, 0.25) is 0 Å². The predicted molar refractivity (Wildman–Crippen MR) is 114 cm³/mol. The van der Waals surface area contributed by atoms with E-state index >= 15 is 0 Å². The van der Waals surface area contributed by atoms with Gasteiger partial charge in [0.25, 0.3) is 0 Å². The maximum absolute atomic E-state index is 12.1. The third-order valence-corrected chi connectivity index (χ3v) is 4.61. The van der Waals surface area contributed by atoms with Gasteiger partial charge in [0, 0.05) is 11.4 Å². The van der Waals surface area contributed by atoms with Crippen molar-refractivity contribution in [2.45, 2.75) is 52.9 Å². The monoisotopic (exact) mass is 368 g/mol. The van der Waals surface area contributed by atoms with E-state index in [2.05, 4.69) is 24.5 Å². The summed E-state index contributed by atoms with van der Waals surface area (Å²) in [7, 11) is 0. The maximum atomic E-state index is 12.1. The number of hydrogen-bond donors (Lipinski definition) is 2. The Morgan fingerprint density at radius 3 is 2.30 bits per heavy atom. The molecule has 0 heterocycles. The summed E-state index contributed by atoms with van der Waals surface area (Å²) in [5.41, 5.74) is 4.12. The van der Waals surface area contributed by atoms with Crippen LogP contribution in [-0.2, 0) is 4.79 Å². The highest BCUT2D eigenvalue weighted by Gasteiger charge is 2.04. The van der Waals surface area contributed by atoms with Crippen molar-refractivity contribution in [3.05, 3.63) is 53.6 Å². The third kappa shape index (κ3) is 7.73. The number of aryl methyl sites for hydroxylation is 2. The van der Waals surface area contributed by atoms with Crippen LogP contribution in [0, 0.1) is 13.8 Å². The molecule has 0 aliphatic heterocycles. The van der Waals surface area contributed by atoms with Crippen LogP contribution in [0.5, 0.6) is 5.75 Å². The molecule has 1 amide bonds. The zero-order valence-electron chi connectivity index (χ0n) is 16.8. The molecule has 4 heteroatoms. The van der Waals surface area contributed by atoms with E-state index in [9.17, 15) is 4.79 Å². The van der Waals surface area contributed by atoms with Gasteiger partial charge in [-0.1, -0.05) is 38.7 Å². The molecule has 0 radical (unpaired) electrons. The van der Waals surface area contributed by atoms with Gasteiger partial charge in [-0.15, -0.1) is 0 Å². The summed E-state index contributed by atoms with van der Waals surface area (Å²) in [6, 6.07) is 13.7. The molecule has 0 fully saturated rings. The van der Waals surface area contributed by atoms with Crippen LogP contribution < -0.4 is 15.4 Å². The summed E-state index contributed by atoms with van der Waals surface area (Å²) < 4.78 is 5.76. The van der Waals surface area contributed by atoms with Gasteiger partial charge in [-0.05, 0) is 67.8 Å². The number of rotatable bonds is 11. The molecule has 2 aromatic rings. The van der Waals surface area contributed by atoms with Crippen molar-refractivity contribution in [1.82, 2.24) is 0 Å². The lowest BCUT2D eigenvalue weighted by molar-refractivity contribution is -0.114. The van der Waals surface area contributed by atoms with Gasteiger partial charge in [-0.3, -0.25) is 4.79 Å². The Morgan fingerprint density at radius 1 is 0.889 bits per heavy atom. The molecule has 2 N–H and O–H groups in total. The average molecular weight is 369 g/mol. The number of amides is 1.